The molecule has 0 spiro atoms. The predicted octanol–water partition coefficient (Wildman–Crippen LogP) is 14.8. The van der Waals surface area contributed by atoms with Crippen LogP contribution in [0.15, 0.2) is 146 Å². The van der Waals surface area contributed by atoms with E-state index >= 15 is 0 Å². The van der Waals surface area contributed by atoms with E-state index < -0.39 is 0 Å². The maximum Gasteiger partial charge on any atom is 0.124 e. The number of phenolic OH excluding ortho intramolecular Hbond substituents is 4. The van der Waals surface area contributed by atoms with Gasteiger partial charge in [0.15, 0.2) is 0 Å². The van der Waals surface area contributed by atoms with Crippen molar-refractivity contribution in [3.05, 3.63) is 146 Å². The quantitative estimate of drug-likeness (QED) is 0.139. The van der Waals surface area contributed by atoms with Crippen molar-refractivity contribution in [3.63, 3.8) is 0 Å². The minimum atomic E-state index is 0. The number of benzene rings is 8. The summed E-state index contributed by atoms with van der Waals surface area (Å²) in [5, 5.41) is 49.6. The average Bonchev–Trinajstić information content (AvgIpc) is 3.51. The van der Waals surface area contributed by atoms with Gasteiger partial charge in [-0.15, -0.1) is 0 Å². The first kappa shape index (κ1) is 49.2. The van der Waals surface area contributed by atoms with Crippen LogP contribution in [-0.4, -0.2) is 20.4 Å². The number of fused-ring (bicyclic) bond motifs is 7. The summed E-state index contributed by atoms with van der Waals surface area (Å²) in [6.07, 6.45) is 12.3. The molecular weight excluding hydrogens is 844 g/mol. The summed E-state index contributed by atoms with van der Waals surface area (Å²) < 4.78 is 0. The van der Waals surface area contributed by atoms with E-state index in [0.29, 0.717) is 27.7 Å². The molecule has 0 radical (unpaired) electrons. The molecule has 11 rings (SSSR count). The molecule has 0 aliphatic heterocycles. The van der Waals surface area contributed by atoms with E-state index in [1.54, 1.807) is 49.9 Å². The largest absolute Gasteiger partial charge is 0.507 e. The Bertz CT molecular complexity index is 2460. The molecule has 62 heavy (non-hydrogen) atoms. The number of aromatic hydroxyl groups is 4. The topological polar surface area (TPSA) is 80.9 Å². The van der Waals surface area contributed by atoms with E-state index in [0.717, 1.165) is 66.8 Å². The third kappa shape index (κ3) is 9.53. The number of hydrogen-bond donors (Lipinski definition) is 4. The first-order valence-electron chi connectivity index (χ1n) is 21.6. The van der Waals surface area contributed by atoms with Crippen molar-refractivity contribution in [3.8, 4) is 45.3 Å². The monoisotopic (exact) mass is 898 g/mol. The van der Waals surface area contributed by atoms with Crippen molar-refractivity contribution >= 4 is 43.1 Å². The molecule has 322 valence electrons. The fourth-order valence-electron chi connectivity index (χ4n) is 11.6. The van der Waals surface area contributed by atoms with Crippen molar-refractivity contribution < 1.29 is 134 Å². The van der Waals surface area contributed by atoms with E-state index in [9.17, 15) is 20.4 Å². The maximum absolute atomic E-state index is 10.4. The molecule has 4 unspecified atom stereocenters. The van der Waals surface area contributed by atoms with Crippen LogP contribution in [0.1, 0.15) is 65.2 Å². The molecule has 0 saturated heterocycles. The minimum absolute atomic E-state index is 0. The molecule has 3 saturated carbocycles. The molecule has 3 fully saturated rings. The number of phenols is 4. The Morgan fingerprint density at radius 2 is 0.581 bits per heavy atom. The van der Waals surface area contributed by atoms with Crippen molar-refractivity contribution in [2.75, 3.05) is 0 Å². The van der Waals surface area contributed by atoms with Gasteiger partial charge in [-0.25, -0.2) is 0 Å². The Kier molecular flexibility index (Phi) is 17.0. The van der Waals surface area contributed by atoms with E-state index in [1.165, 1.54) is 25.7 Å². The molecular formula is C55H54Ar3O4. The fourth-order valence-corrected chi connectivity index (χ4v) is 11.6. The molecule has 7 heteroatoms. The van der Waals surface area contributed by atoms with E-state index in [1.807, 2.05) is 121 Å². The van der Waals surface area contributed by atoms with Crippen LogP contribution >= 0.6 is 0 Å². The smallest absolute Gasteiger partial charge is 0.124 e. The van der Waals surface area contributed by atoms with Crippen LogP contribution in [0.5, 0.6) is 23.0 Å². The zero-order valence-electron chi connectivity index (χ0n) is 35.2. The van der Waals surface area contributed by atoms with E-state index in [2.05, 4.69) is 13.8 Å². The van der Waals surface area contributed by atoms with Crippen LogP contribution in [0.25, 0.3) is 65.3 Å². The summed E-state index contributed by atoms with van der Waals surface area (Å²) in [5.74, 6) is 5.10. The Hall–Kier alpha value is -2.22. The van der Waals surface area contributed by atoms with Gasteiger partial charge in [-0.1, -0.05) is 161 Å². The molecule has 4 atom stereocenters. The first-order chi connectivity index (χ1) is 28.7. The number of hydrogen-bond acceptors (Lipinski definition) is 4. The van der Waals surface area contributed by atoms with Crippen LogP contribution in [0, 0.1) is 142 Å². The van der Waals surface area contributed by atoms with Crippen LogP contribution in [0.4, 0.5) is 0 Å². The van der Waals surface area contributed by atoms with Crippen molar-refractivity contribution in [2.24, 2.45) is 29.1 Å². The van der Waals surface area contributed by atoms with Gasteiger partial charge in [-0.2, -0.15) is 0 Å². The first-order valence-corrected chi connectivity index (χ1v) is 21.6. The van der Waals surface area contributed by atoms with Crippen LogP contribution in [0.2, 0.25) is 0 Å². The third-order valence-corrected chi connectivity index (χ3v) is 14.2. The molecule has 4 N–H and O–H groups in total. The second-order valence-electron chi connectivity index (χ2n) is 17.7. The molecule has 4 nitrogen and oxygen atoms in total. The Labute approximate surface area is 455 Å². The zero-order valence-corrected chi connectivity index (χ0v) is 37.3. The number of rotatable bonds is 2. The van der Waals surface area contributed by atoms with Gasteiger partial charge >= 0.3 is 0 Å². The SMILES string of the molecule is CC1(C)C2CCCCC2C2CCCCC21.Oc1ccc2ccccc2c1-c1c(O)ccc2ccccc12.Oc1ccc2ccccc2c1-c1c(O)ccc2ccccc12.[Ar].[Ar].[Ar]. The van der Waals surface area contributed by atoms with E-state index in [4.69, 9.17) is 0 Å². The Balaban J connectivity index is 0.000000154. The van der Waals surface area contributed by atoms with Gasteiger partial charge in [-0.3, -0.25) is 0 Å². The summed E-state index contributed by atoms with van der Waals surface area (Å²) in [5.41, 5.74) is 3.37. The Morgan fingerprint density at radius 3 is 0.855 bits per heavy atom. The van der Waals surface area contributed by atoms with Crippen molar-refractivity contribution in [2.45, 2.75) is 65.2 Å². The normalized spacial score (nSPS) is 19.6. The van der Waals surface area contributed by atoms with Gasteiger partial charge in [0.2, 0.25) is 0 Å². The Morgan fingerprint density at radius 1 is 0.339 bits per heavy atom. The summed E-state index contributed by atoms with van der Waals surface area (Å²) in [4.78, 5) is 0. The molecule has 0 heterocycles. The third-order valence-electron chi connectivity index (χ3n) is 14.2. The van der Waals surface area contributed by atoms with Gasteiger partial charge in [0.1, 0.15) is 23.0 Å². The maximum atomic E-state index is 10.4. The summed E-state index contributed by atoms with van der Waals surface area (Å²) in [6.45, 7) is 5.18. The molecule has 8 aromatic carbocycles. The molecule has 3 aliphatic carbocycles. The van der Waals surface area contributed by atoms with Gasteiger partial charge < -0.3 is 20.4 Å². The summed E-state index contributed by atoms with van der Waals surface area (Å²) in [6, 6.07) is 45.7. The summed E-state index contributed by atoms with van der Waals surface area (Å²) >= 11 is 0. The zero-order chi connectivity index (χ0) is 40.7. The van der Waals surface area contributed by atoms with Gasteiger partial charge in [-0.05, 0) is 122 Å². The molecule has 3 aliphatic rings. The van der Waals surface area contributed by atoms with E-state index in [-0.39, 0.29) is 136 Å². The summed E-state index contributed by atoms with van der Waals surface area (Å²) in [7, 11) is 0. The van der Waals surface area contributed by atoms with Crippen LogP contribution in [-0.2, 0) is 0 Å². The van der Waals surface area contributed by atoms with Crippen LogP contribution < -0.4 is 0 Å². The minimum Gasteiger partial charge on any atom is -0.507 e. The standard InChI is InChI=1S/2C20H14O2.C15H26.3Ar/c2*21-17-11-9-13-5-1-3-7-15(13)19(17)20-16-8-4-2-6-14(16)10-12-18(20)22;1-15(2)13-9-5-3-7-11(13)12-8-4-6-10-14(12)15;;;/h2*1-12,21-22H;11-14H,3-10H2,1-2H3;;;. The predicted molar refractivity (Wildman–Crippen MR) is 245 cm³/mol. The van der Waals surface area contributed by atoms with Gasteiger partial charge in [0.05, 0.1) is 0 Å². The molecule has 0 aromatic heterocycles. The average molecular weight is 899 g/mol. The second kappa shape index (κ2) is 21.4. The van der Waals surface area contributed by atoms with Gasteiger partial charge in [0, 0.05) is 135 Å². The van der Waals surface area contributed by atoms with Gasteiger partial charge in [0.25, 0.3) is 0 Å². The fraction of sp³-hybridized carbons (Fsp3) is 0.273. The second-order valence-corrected chi connectivity index (χ2v) is 17.7. The molecule has 8 aromatic rings. The van der Waals surface area contributed by atoms with Crippen molar-refractivity contribution in [1.29, 1.82) is 0 Å². The van der Waals surface area contributed by atoms with Crippen molar-refractivity contribution in [1.82, 2.24) is 0 Å². The molecule has 0 amide bonds. The molecule has 0 bridgehead atoms. The van der Waals surface area contributed by atoms with Crippen LogP contribution in [0.3, 0.4) is 0 Å².